The summed E-state index contributed by atoms with van der Waals surface area (Å²) in [7, 11) is 0. The van der Waals surface area contributed by atoms with Gasteiger partial charge in [-0.2, -0.15) is 0 Å². The van der Waals surface area contributed by atoms with Gasteiger partial charge in [-0.25, -0.2) is 0 Å². The monoisotopic (exact) mass is 163 g/mol. The molecular weight excluding hydrogens is 150 g/mol. The fraction of sp³-hybridized carbons (Fsp3) is 0.222. The zero-order valence-corrected chi connectivity index (χ0v) is 6.90. The Labute approximate surface area is 72.1 Å². The Morgan fingerprint density at radius 1 is 1.67 bits per heavy atom. The predicted octanol–water partition coefficient (Wildman–Crippen LogP) is 1.24. The van der Waals surface area contributed by atoms with Gasteiger partial charge in [0.2, 0.25) is 0 Å². The van der Waals surface area contributed by atoms with Crippen molar-refractivity contribution in [1.82, 2.24) is 4.98 Å². The van der Waals surface area contributed by atoms with Crippen LogP contribution in [-0.2, 0) is 0 Å². The highest BCUT2D eigenvalue weighted by Crippen LogP contribution is 2.19. The van der Waals surface area contributed by atoms with Gasteiger partial charge in [0, 0.05) is 12.2 Å². The quantitative estimate of drug-likeness (QED) is 0.659. The molecule has 0 aliphatic carbocycles. The molecule has 1 atom stereocenters. The molecule has 1 aromatic heterocycles. The summed E-state index contributed by atoms with van der Waals surface area (Å²) in [5.41, 5.74) is 13.1. The Balaban J connectivity index is 2.86. The minimum absolute atomic E-state index is 0.0644. The number of nitrogens with two attached hydrogens (primary N) is 2. The van der Waals surface area contributed by atoms with Gasteiger partial charge in [-0.05, 0) is 18.1 Å². The molecule has 0 fully saturated rings. The first-order valence-corrected chi connectivity index (χ1v) is 3.81. The normalized spacial score (nSPS) is 12.4. The van der Waals surface area contributed by atoms with E-state index in [-0.39, 0.29) is 6.04 Å². The van der Waals surface area contributed by atoms with E-state index in [9.17, 15) is 0 Å². The van der Waals surface area contributed by atoms with Gasteiger partial charge < -0.3 is 11.5 Å². The fourth-order valence-corrected chi connectivity index (χ4v) is 1.06. The number of hydrogen-bond acceptors (Lipinski definition) is 3. The van der Waals surface area contributed by atoms with Crippen LogP contribution in [-0.4, -0.2) is 4.98 Å². The maximum Gasteiger partial charge on any atom is 0.0549 e. The molecule has 0 bridgehead atoms. The highest BCUT2D eigenvalue weighted by Gasteiger charge is 2.06. The van der Waals surface area contributed by atoms with E-state index in [2.05, 4.69) is 11.6 Å². The summed E-state index contributed by atoms with van der Waals surface area (Å²) < 4.78 is 0. The Kier molecular flexibility index (Phi) is 2.82. The summed E-state index contributed by atoms with van der Waals surface area (Å²) in [6.07, 6.45) is 5.81. The highest BCUT2D eigenvalue weighted by molar-refractivity contribution is 5.45. The summed E-state index contributed by atoms with van der Waals surface area (Å²) in [6.45, 7) is 3.62. The molecule has 0 amide bonds. The third kappa shape index (κ3) is 1.83. The molecule has 64 valence electrons. The van der Waals surface area contributed by atoms with Crippen LogP contribution < -0.4 is 11.5 Å². The summed E-state index contributed by atoms with van der Waals surface area (Å²) in [6, 6.07) is 1.77. The number of aromatic nitrogens is 1. The molecular formula is C9H13N3. The van der Waals surface area contributed by atoms with Crippen molar-refractivity contribution in [3.05, 3.63) is 36.7 Å². The van der Waals surface area contributed by atoms with E-state index < -0.39 is 0 Å². The Hall–Kier alpha value is -1.35. The lowest BCUT2D eigenvalue weighted by Gasteiger charge is -2.10. The van der Waals surface area contributed by atoms with Crippen molar-refractivity contribution < 1.29 is 0 Å². The van der Waals surface area contributed by atoms with Gasteiger partial charge in [0.25, 0.3) is 0 Å². The van der Waals surface area contributed by atoms with Crippen LogP contribution in [0.1, 0.15) is 18.0 Å². The van der Waals surface area contributed by atoms with Crippen LogP contribution >= 0.6 is 0 Å². The van der Waals surface area contributed by atoms with Gasteiger partial charge in [0.1, 0.15) is 0 Å². The minimum atomic E-state index is -0.0644. The van der Waals surface area contributed by atoms with Gasteiger partial charge >= 0.3 is 0 Å². The van der Waals surface area contributed by atoms with E-state index in [0.29, 0.717) is 5.69 Å². The molecule has 0 saturated carbocycles. The summed E-state index contributed by atoms with van der Waals surface area (Å²) in [5.74, 6) is 0. The molecule has 12 heavy (non-hydrogen) atoms. The fourth-order valence-electron chi connectivity index (χ4n) is 1.06. The first-order valence-electron chi connectivity index (χ1n) is 3.81. The van der Waals surface area contributed by atoms with Crippen molar-refractivity contribution >= 4 is 5.69 Å². The Bertz CT molecular complexity index is 270. The van der Waals surface area contributed by atoms with Crippen molar-refractivity contribution in [3.8, 4) is 0 Å². The largest absolute Gasteiger partial charge is 0.397 e. The summed E-state index contributed by atoms with van der Waals surface area (Å²) >= 11 is 0. The molecule has 1 rings (SSSR count). The third-order valence-electron chi connectivity index (χ3n) is 1.71. The molecule has 0 aliphatic rings. The lowest BCUT2D eigenvalue weighted by Crippen LogP contribution is -2.11. The molecule has 0 radical (unpaired) electrons. The lowest BCUT2D eigenvalue weighted by atomic mass is 10.1. The van der Waals surface area contributed by atoms with Gasteiger partial charge in [0.15, 0.2) is 0 Å². The van der Waals surface area contributed by atoms with Crippen molar-refractivity contribution in [3.63, 3.8) is 0 Å². The van der Waals surface area contributed by atoms with Crippen LogP contribution in [0, 0.1) is 0 Å². The van der Waals surface area contributed by atoms with Crippen LogP contribution in [0.4, 0.5) is 5.69 Å². The Morgan fingerprint density at radius 2 is 2.42 bits per heavy atom. The van der Waals surface area contributed by atoms with E-state index in [1.165, 1.54) is 0 Å². The molecule has 0 saturated heterocycles. The molecule has 4 N–H and O–H groups in total. The zero-order chi connectivity index (χ0) is 8.97. The van der Waals surface area contributed by atoms with Crippen LogP contribution in [0.25, 0.3) is 0 Å². The van der Waals surface area contributed by atoms with E-state index in [1.807, 2.05) is 6.07 Å². The van der Waals surface area contributed by atoms with E-state index in [0.717, 1.165) is 12.0 Å². The number of hydrogen-bond donors (Lipinski definition) is 2. The summed E-state index contributed by atoms with van der Waals surface area (Å²) in [5, 5.41) is 0. The predicted molar refractivity (Wildman–Crippen MR) is 50.4 cm³/mol. The molecule has 3 heteroatoms. The third-order valence-corrected chi connectivity index (χ3v) is 1.71. The standard InChI is InChI=1S/C9H13N3/c1-2-3-8(10)7-4-5-12-6-9(7)11/h2,4-6,8H,1,3,10-11H2. The van der Waals surface area contributed by atoms with Crippen LogP contribution in [0.15, 0.2) is 31.1 Å². The molecule has 0 aromatic carbocycles. The van der Waals surface area contributed by atoms with E-state index >= 15 is 0 Å². The average molecular weight is 163 g/mol. The van der Waals surface area contributed by atoms with Crippen molar-refractivity contribution in [1.29, 1.82) is 0 Å². The molecule has 1 aromatic rings. The first-order chi connectivity index (χ1) is 5.75. The van der Waals surface area contributed by atoms with Gasteiger partial charge in [-0.1, -0.05) is 6.08 Å². The molecule has 3 nitrogen and oxygen atoms in total. The SMILES string of the molecule is C=CCC(N)c1ccncc1N. The van der Waals surface area contributed by atoms with E-state index in [1.54, 1.807) is 18.5 Å². The second kappa shape index (κ2) is 3.88. The zero-order valence-electron chi connectivity index (χ0n) is 6.90. The first kappa shape index (κ1) is 8.74. The molecule has 0 aliphatic heterocycles. The summed E-state index contributed by atoms with van der Waals surface area (Å²) in [4.78, 5) is 3.88. The number of anilines is 1. The number of rotatable bonds is 3. The minimum Gasteiger partial charge on any atom is -0.397 e. The Morgan fingerprint density at radius 3 is 3.00 bits per heavy atom. The van der Waals surface area contributed by atoms with Crippen LogP contribution in [0.3, 0.4) is 0 Å². The molecule has 1 unspecified atom stereocenters. The van der Waals surface area contributed by atoms with Crippen molar-refractivity contribution in [2.24, 2.45) is 5.73 Å². The molecule has 1 heterocycles. The smallest absolute Gasteiger partial charge is 0.0549 e. The number of nitrogen functional groups attached to an aromatic ring is 1. The number of nitrogens with zero attached hydrogens (tertiary/aromatic N) is 1. The van der Waals surface area contributed by atoms with Crippen LogP contribution in [0.2, 0.25) is 0 Å². The maximum atomic E-state index is 5.83. The van der Waals surface area contributed by atoms with Crippen LogP contribution in [0.5, 0.6) is 0 Å². The second-order valence-electron chi connectivity index (χ2n) is 2.64. The number of pyridine rings is 1. The molecule has 0 spiro atoms. The van der Waals surface area contributed by atoms with Crippen molar-refractivity contribution in [2.45, 2.75) is 12.5 Å². The second-order valence-corrected chi connectivity index (χ2v) is 2.64. The van der Waals surface area contributed by atoms with Gasteiger partial charge in [-0.15, -0.1) is 6.58 Å². The topological polar surface area (TPSA) is 64.9 Å². The maximum absolute atomic E-state index is 5.83. The van der Waals surface area contributed by atoms with Gasteiger partial charge in [0.05, 0.1) is 11.9 Å². The van der Waals surface area contributed by atoms with Crippen molar-refractivity contribution in [2.75, 3.05) is 5.73 Å². The highest BCUT2D eigenvalue weighted by atomic mass is 14.7. The lowest BCUT2D eigenvalue weighted by molar-refractivity contribution is 0.743. The average Bonchev–Trinajstić information content (AvgIpc) is 2.05. The van der Waals surface area contributed by atoms with E-state index in [4.69, 9.17) is 11.5 Å². The van der Waals surface area contributed by atoms with Gasteiger partial charge in [-0.3, -0.25) is 4.98 Å².